The van der Waals surface area contributed by atoms with Gasteiger partial charge in [0.25, 0.3) is 5.92 Å². The molecule has 10 heteroatoms. The summed E-state index contributed by atoms with van der Waals surface area (Å²) in [5, 5.41) is 6.63. The summed E-state index contributed by atoms with van der Waals surface area (Å²) in [4.78, 5) is 30.4. The van der Waals surface area contributed by atoms with Gasteiger partial charge in [0.2, 0.25) is 11.8 Å². The molecule has 0 radical (unpaired) electrons. The van der Waals surface area contributed by atoms with E-state index >= 15 is 0 Å². The quantitative estimate of drug-likeness (QED) is 0.640. The van der Waals surface area contributed by atoms with Gasteiger partial charge >= 0.3 is 0 Å². The third-order valence-corrected chi connectivity index (χ3v) is 5.53. The summed E-state index contributed by atoms with van der Waals surface area (Å²) >= 11 is 0. The van der Waals surface area contributed by atoms with E-state index in [4.69, 9.17) is 5.73 Å². The summed E-state index contributed by atoms with van der Waals surface area (Å²) in [5.41, 5.74) is 9.13. The monoisotopic (exact) mass is 428 g/mol. The molecular weight excluding hydrogens is 406 g/mol. The number of rotatable bonds is 5. The number of likely N-dealkylation sites (N-methyl/N-ethyl adjacent to an activating group) is 1. The van der Waals surface area contributed by atoms with Crippen LogP contribution in [0.4, 0.5) is 8.78 Å². The lowest BCUT2D eigenvalue weighted by Gasteiger charge is -2.26. The minimum atomic E-state index is -2.93. The molecule has 0 bridgehead atoms. The number of nitrogens with zero attached hydrogens (tertiary/aromatic N) is 4. The van der Waals surface area contributed by atoms with Gasteiger partial charge in [-0.2, -0.15) is 5.10 Å². The number of hydrogen-bond donors (Lipinski definition) is 2. The maximum absolute atomic E-state index is 13.5. The fourth-order valence-electron chi connectivity index (χ4n) is 3.83. The highest BCUT2D eigenvalue weighted by Crippen LogP contribution is 2.30. The van der Waals surface area contributed by atoms with E-state index in [0.717, 1.165) is 21.7 Å². The first kappa shape index (κ1) is 20.9. The molecule has 4 rings (SSSR count). The van der Waals surface area contributed by atoms with Crippen LogP contribution in [0.5, 0.6) is 0 Å². The molecule has 162 valence electrons. The van der Waals surface area contributed by atoms with Crippen molar-refractivity contribution in [3.63, 3.8) is 0 Å². The van der Waals surface area contributed by atoms with Gasteiger partial charge in [-0.15, -0.1) is 0 Å². The second kappa shape index (κ2) is 8.03. The van der Waals surface area contributed by atoms with E-state index in [9.17, 15) is 18.4 Å². The highest BCUT2D eigenvalue weighted by Gasteiger charge is 2.43. The Morgan fingerprint density at radius 3 is 2.52 bits per heavy atom. The zero-order chi connectivity index (χ0) is 22.2. The van der Waals surface area contributed by atoms with E-state index < -0.39 is 42.7 Å². The number of aromatic nitrogens is 3. The fraction of sp³-hybridized carbons (Fsp3) is 0.333. The molecule has 0 unspecified atom stereocenters. The van der Waals surface area contributed by atoms with Crippen LogP contribution in [0.25, 0.3) is 16.8 Å². The third kappa shape index (κ3) is 4.11. The van der Waals surface area contributed by atoms with Crippen LogP contribution in [0.2, 0.25) is 0 Å². The molecule has 1 fully saturated rings. The zero-order valence-corrected chi connectivity index (χ0v) is 16.8. The van der Waals surface area contributed by atoms with E-state index in [1.54, 1.807) is 16.6 Å². The number of benzene rings is 1. The Bertz CT molecular complexity index is 1110. The maximum atomic E-state index is 13.5. The largest absolute Gasteiger partial charge is 0.359 e. The Hall–Kier alpha value is -3.40. The summed E-state index contributed by atoms with van der Waals surface area (Å²) in [6, 6.07) is 9.52. The summed E-state index contributed by atoms with van der Waals surface area (Å²) in [6.45, 7) is -0.757. The van der Waals surface area contributed by atoms with E-state index in [1.807, 2.05) is 30.5 Å². The molecule has 8 nitrogen and oxygen atoms in total. The minimum absolute atomic E-state index is 0.0797. The zero-order valence-electron chi connectivity index (χ0n) is 16.8. The van der Waals surface area contributed by atoms with Crippen molar-refractivity contribution in [2.45, 2.75) is 24.3 Å². The standard InChI is InChI=1S/C21H22F2N6O2/c1-25-19(30)17(18(24)20(31)28-9-8-21(22,23)11-28)14-4-2-13(3-5-14)15-6-7-16-26-12-27-29(16)10-15/h2-7,10,12,17-18H,8-9,11,24H2,1H3,(H,25,30)/t17-,18-/m0/s1. The summed E-state index contributed by atoms with van der Waals surface area (Å²) in [6.07, 6.45) is 2.89. The Morgan fingerprint density at radius 1 is 1.16 bits per heavy atom. The minimum Gasteiger partial charge on any atom is -0.359 e. The molecule has 1 aliphatic rings. The van der Waals surface area contributed by atoms with Crippen LogP contribution in [0, 0.1) is 0 Å². The van der Waals surface area contributed by atoms with Crippen LogP contribution < -0.4 is 11.1 Å². The van der Waals surface area contributed by atoms with E-state index in [2.05, 4.69) is 15.4 Å². The first-order valence-electron chi connectivity index (χ1n) is 9.82. The number of amides is 2. The predicted molar refractivity (Wildman–Crippen MR) is 109 cm³/mol. The Balaban J connectivity index is 1.59. The van der Waals surface area contributed by atoms with Crippen molar-refractivity contribution in [1.82, 2.24) is 24.8 Å². The van der Waals surface area contributed by atoms with Gasteiger partial charge in [-0.1, -0.05) is 24.3 Å². The van der Waals surface area contributed by atoms with Crippen LogP contribution in [0.1, 0.15) is 17.9 Å². The van der Waals surface area contributed by atoms with E-state index in [0.29, 0.717) is 5.56 Å². The number of likely N-dealkylation sites (tertiary alicyclic amines) is 1. The normalized spacial score (nSPS) is 17.5. The molecule has 0 spiro atoms. The number of carbonyl (C=O) groups excluding carboxylic acids is 2. The molecule has 1 aromatic carbocycles. The van der Waals surface area contributed by atoms with Crippen molar-refractivity contribution in [2.75, 3.05) is 20.1 Å². The lowest BCUT2D eigenvalue weighted by Crippen LogP contribution is -2.50. The van der Waals surface area contributed by atoms with Crippen LogP contribution in [0.15, 0.2) is 48.9 Å². The average Bonchev–Trinajstić information content (AvgIpc) is 3.38. The van der Waals surface area contributed by atoms with Crippen molar-refractivity contribution >= 4 is 17.5 Å². The van der Waals surface area contributed by atoms with E-state index in [1.165, 1.54) is 13.4 Å². The lowest BCUT2D eigenvalue weighted by molar-refractivity contribution is -0.136. The van der Waals surface area contributed by atoms with Gasteiger partial charge in [0, 0.05) is 31.8 Å². The number of carbonyl (C=O) groups is 2. The number of nitrogens with two attached hydrogens (primary N) is 1. The second-order valence-corrected chi connectivity index (χ2v) is 7.59. The smallest absolute Gasteiger partial charge is 0.267 e. The molecule has 2 atom stereocenters. The van der Waals surface area contributed by atoms with Crippen LogP contribution in [0.3, 0.4) is 0 Å². The van der Waals surface area contributed by atoms with Crippen LogP contribution in [-0.2, 0) is 9.59 Å². The molecule has 3 N–H and O–H groups in total. The summed E-state index contributed by atoms with van der Waals surface area (Å²) < 4.78 is 28.7. The molecule has 0 saturated carbocycles. The molecule has 1 saturated heterocycles. The summed E-state index contributed by atoms with van der Waals surface area (Å²) in [5.74, 6) is -5.04. The highest BCUT2D eigenvalue weighted by atomic mass is 19.3. The van der Waals surface area contributed by atoms with Crippen molar-refractivity contribution in [3.8, 4) is 11.1 Å². The number of halogens is 2. The molecule has 1 aliphatic heterocycles. The van der Waals surface area contributed by atoms with Crippen LogP contribution in [-0.4, -0.2) is 63.4 Å². The predicted octanol–water partition coefficient (Wildman–Crippen LogP) is 1.42. The van der Waals surface area contributed by atoms with Gasteiger partial charge in [0.05, 0.1) is 12.5 Å². The average molecular weight is 428 g/mol. The van der Waals surface area contributed by atoms with Gasteiger partial charge in [0.1, 0.15) is 12.4 Å². The molecule has 2 aromatic heterocycles. The van der Waals surface area contributed by atoms with Crippen LogP contribution >= 0.6 is 0 Å². The molecule has 3 heterocycles. The molecule has 2 amide bonds. The summed E-state index contributed by atoms with van der Waals surface area (Å²) in [7, 11) is 1.44. The Morgan fingerprint density at radius 2 is 1.87 bits per heavy atom. The first-order valence-corrected chi connectivity index (χ1v) is 9.82. The highest BCUT2D eigenvalue weighted by molar-refractivity contribution is 5.93. The maximum Gasteiger partial charge on any atom is 0.267 e. The number of fused-ring (bicyclic) bond motifs is 1. The van der Waals surface area contributed by atoms with Crippen molar-refractivity contribution in [2.24, 2.45) is 5.73 Å². The topological polar surface area (TPSA) is 106 Å². The van der Waals surface area contributed by atoms with Crippen molar-refractivity contribution in [3.05, 3.63) is 54.5 Å². The van der Waals surface area contributed by atoms with Crippen molar-refractivity contribution < 1.29 is 18.4 Å². The SMILES string of the molecule is CNC(=O)[C@@H](c1ccc(-c2ccc3ncnn3c2)cc1)[C@H](N)C(=O)N1CCC(F)(F)C1. The molecule has 31 heavy (non-hydrogen) atoms. The van der Waals surface area contributed by atoms with Gasteiger partial charge in [-0.3, -0.25) is 9.59 Å². The molecule has 3 aromatic rings. The van der Waals surface area contributed by atoms with E-state index in [-0.39, 0.29) is 6.54 Å². The lowest BCUT2D eigenvalue weighted by atomic mass is 9.89. The molecular formula is C21H22F2N6O2. The Kier molecular flexibility index (Phi) is 5.40. The fourth-order valence-corrected chi connectivity index (χ4v) is 3.83. The second-order valence-electron chi connectivity index (χ2n) is 7.59. The third-order valence-electron chi connectivity index (χ3n) is 5.53. The number of pyridine rings is 1. The number of alkyl halides is 2. The number of nitrogens with one attached hydrogen (secondary N) is 1. The Labute approximate surface area is 177 Å². The van der Waals surface area contributed by atoms with Gasteiger partial charge in [-0.25, -0.2) is 18.3 Å². The number of hydrogen-bond acceptors (Lipinski definition) is 5. The van der Waals surface area contributed by atoms with Gasteiger partial charge < -0.3 is 16.0 Å². The van der Waals surface area contributed by atoms with Gasteiger partial charge in [-0.05, 0) is 23.3 Å². The van der Waals surface area contributed by atoms with Gasteiger partial charge in [0.15, 0.2) is 5.65 Å². The molecule has 0 aliphatic carbocycles. The van der Waals surface area contributed by atoms with Crippen molar-refractivity contribution in [1.29, 1.82) is 0 Å². The first-order chi connectivity index (χ1) is 14.8.